The van der Waals surface area contributed by atoms with Crippen molar-refractivity contribution in [2.24, 2.45) is 0 Å². The van der Waals surface area contributed by atoms with Crippen molar-refractivity contribution in [1.82, 2.24) is 37.4 Å². The molecule has 8 aromatic rings. The molecule has 0 bridgehead atoms. The fourth-order valence-electron chi connectivity index (χ4n) is 17.1. The summed E-state index contributed by atoms with van der Waals surface area (Å²) in [5, 5.41) is 43.3. The lowest BCUT2D eigenvalue weighted by atomic mass is 9.97. The zero-order valence-electron chi connectivity index (χ0n) is 71.6. The molecule has 5 amide bonds. The van der Waals surface area contributed by atoms with Crippen LogP contribution >= 0.6 is 0 Å². The van der Waals surface area contributed by atoms with Crippen LogP contribution in [0.25, 0.3) is 0 Å². The van der Waals surface area contributed by atoms with Crippen LogP contribution in [-0.4, -0.2) is 263 Å². The highest BCUT2D eigenvalue weighted by Crippen LogP contribution is 2.43. The second-order valence-corrected chi connectivity index (χ2v) is 37.8. The highest BCUT2D eigenvalue weighted by Gasteiger charge is 2.55. The number of ether oxygens (including phenoxy) is 4. The van der Waals surface area contributed by atoms with E-state index in [9.17, 15) is 109 Å². The van der Waals surface area contributed by atoms with Crippen LogP contribution in [0.15, 0.2) is 209 Å². The van der Waals surface area contributed by atoms with Gasteiger partial charge in [-0.05, 0) is 125 Å². The van der Waals surface area contributed by atoms with E-state index in [0.29, 0.717) is 141 Å². The van der Waals surface area contributed by atoms with Crippen LogP contribution in [0.4, 0.5) is 22.7 Å². The first-order valence-corrected chi connectivity index (χ1v) is 46.1. The second-order valence-electron chi connectivity index (χ2n) is 32.1. The molecule has 132 heavy (non-hydrogen) atoms. The van der Waals surface area contributed by atoms with Crippen molar-refractivity contribution < 1.29 is 107 Å². The number of rotatable bonds is 19. The van der Waals surface area contributed by atoms with Crippen molar-refractivity contribution in [2.45, 2.75) is 124 Å². The Hall–Kier alpha value is -13.0. The van der Waals surface area contributed by atoms with Crippen molar-refractivity contribution in [3.63, 3.8) is 0 Å². The number of nitro groups is 4. The molecular weight excluding hydrogens is 1780 g/mol. The molecule has 16 rings (SSSR count). The van der Waals surface area contributed by atoms with Gasteiger partial charge in [-0.3, -0.25) is 83.6 Å². The van der Waals surface area contributed by atoms with Crippen LogP contribution < -0.4 is 0 Å². The van der Waals surface area contributed by atoms with Gasteiger partial charge in [0.2, 0.25) is 30.1 Å². The number of carbonyl (C=O) groups excluding carboxylic acids is 9. The number of likely N-dealkylation sites (tertiary alicyclic amines) is 3. The summed E-state index contributed by atoms with van der Waals surface area (Å²) in [5.41, 5.74) is -0.339. The van der Waals surface area contributed by atoms with Gasteiger partial charge in [-0.15, -0.1) is 0 Å². The molecule has 8 aliphatic heterocycles. The second kappa shape index (κ2) is 40.4. The number of nitrogens with zero attached hydrogens (tertiary/aromatic N) is 12. The number of non-ortho nitro benzene ring substituents is 4. The monoisotopic (exact) mass is 1870 g/mol. The largest absolute Gasteiger partial charge is 0.358 e. The van der Waals surface area contributed by atoms with Gasteiger partial charge in [0.15, 0.2) is 23.1 Å². The average molecular weight is 1870 g/mol. The molecule has 8 fully saturated rings. The third kappa shape index (κ3) is 20.8. The number of sulfonamides is 3. The highest BCUT2D eigenvalue weighted by atomic mass is 32.2. The average Bonchev–Trinajstić information content (AvgIpc) is 1.64. The third-order valence-electron chi connectivity index (χ3n) is 24.5. The van der Waals surface area contributed by atoms with E-state index in [0.717, 1.165) is 12.1 Å². The number of ketones is 4. The minimum absolute atomic E-state index is 0. The molecule has 0 N–H and O–H groups in total. The van der Waals surface area contributed by atoms with Gasteiger partial charge in [0, 0.05) is 229 Å². The molecular formula is C90H96N12O27S3. The minimum Gasteiger partial charge on any atom is -0.358 e. The number of hydrogen-bond donors (Lipinski definition) is 0. The predicted octanol–water partition coefficient (Wildman–Crippen LogP) is 10.9. The molecule has 0 unspecified atom stereocenters. The molecule has 8 aromatic carbocycles. The number of piperidine rings is 4. The topological polar surface area (TPSA) is 491 Å². The molecule has 39 nitrogen and oxygen atoms in total. The van der Waals surface area contributed by atoms with Crippen molar-refractivity contribution in [2.75, 3.05) is 105 Å². The summed E-state index contributed by atoms with van der Waals surface area (Å²) in [5.74, 6) is -1.56. The zero-order chi connectivity index (χ0) is 94.3. The lowest BCUT2D eigenvalue weighted by Gasteiger charge is -2.43. The van der Waals surface area contributed by atoms with Crippen LogP contribution in [0.5, 0.6) is 0 Å². The van der Waals surface area contributed by atoms with Crippen molar-refractivity contribution in [3.8, 4) is 0 Å². The van der Waals surface area contributed by atoms with Gasteiger partial charge in [-0.1, -0.05) is 56.0 Å². The number of benzene rings is 8. The van der Waals surface area contributed by atoms with Gasteiger partial charge in [0.1, 0.15) is 22.9 Å². The van der Waals surface area contributed by atoms with Crippen LogP contribution in [0.2, 0.25) is 0 Å². The number of Topliss-reactive ketones (excluding diaryl/α,β-unsaturated/α-hetero) is 4. The molecule has 8 heterocycles. The number of hydrogen-bond acceptors (Lipinski definition) is 27. The summed E-state index contributed by atoms with van der Waals surface area (Å²) >= 11 is 0. The Morgan fingerprint density at radius 1 is 0.265 bits per heavy atom. The van der Waals surface area contributed by atoms with Crippen molar-refractivity contribution in [3.05, 3.63) is 285 Å². The highest BCUT2D eigenvalue weighted by molar-refractivity contribution is 7.89. The van der Waals surface area contributed by atoms with Gasteiger partial charge in [-0.2, -0.15) is 12.9 Å². The molecule has 0 atom stereocenters. The van der Waals surface area contributed by atoms with Crippen molar-refractivity contribution >= 4 is 105 Å². The predicted molar refractivity (Wildman–Crippen MR) is 473 cm³/mol. The van der Waals surface area contributed by atoms with Crippen molar-refractivity contribution in [1.29, 1.82) is 0 Å². The van der Waals surface area contributed by atoms with Crippen LogP contribution in [0.3, 0.4) is 0 Å². The van der Waals surface area contributed by atoms with E-state index in [1.807, 2.05) is 0 Å². The van der Waals surface area contributed by atoms with E-state index in [-0.39, 0.29) is 163 Å². The van der Waals surface area contributed by atoms with E-state index in [2.05, 4.69) is 0 Å². The molecule has 0 radical (unpaired) electrons. The van der Waals surface area contributed by atoms with Gasteiger partial charge < -0.3 is 43.4 Å². The Balaban J connectivity index is 0.000000158. The normalized spacial score (nSPS) is 18.0. The van der Waals surface area contributed by atoms with Gasteiger partial charge in [0.05, 0.1) is 60.8 Å². The fraction of sp³-hybridized carbons (Fsp3) is 0.367. The lowest BCUT2D eigenvalue weighted by Crippen LogP contribution is -2.55. The molecule has 8 saturated heterocycles. The molecule has 0 aromatic heterocycles. The fourth-order valence-corrected chi connectivity index (χ4v) is 22.0. The Morgan fingerprint density at radius 2 is 0.462 bits per heavy atom. The maximum atomic E-state index is 13.4. The minimum atomic E-state index is -3.97. The quantitative estimate of drug-likeness (QED) is 0.0412. The Bertz CT molecular complexity index is 5910. The summed E-state index contributed by atoms with van der Waals surface area (Å²) < 4.78 is 107. The maximum absolute atomic E-state index is 13.4. The Labute approximate surface area is 759 Å². The Morgan fingerprint density at radius 3 is 0.727 bits per heavy atom. The number of nitro benzene ring substituents is 4. The Kier molecular flexibility index (Phi) is 30.0. The standard InChI is InChI=1S/2C24H26N2O6S.C21H20N4O7.C20H20N4O8S.CH4/c1-17(27)19-3-5-21(6-4-19)23(29)26-15-16-32-24(26)11-13-25(14-12-24)33(30,31)22-9-7-20(8-10-22)18(2)28;1-17(27)19-3-5-21(6-4-19)23(29)25-13-11-24(12-14-25)26(15-16-32-24)33(30,31)22-9-7-20(8-10-22)18(2)28;26-19(15-1-5-17(6-2-15)24(28)29)22-11-9-21(10-12-22)23(13-14-32-21)20(27)16-3-7-18(8-4-16)25(30)31;25-19(15-1-3-16(4-2-15)23(26)27)21-11-9-20(10-12-21)22(13-14-32-20)33(30,31)18-7-5-17(6-8-18)24(28)29;/h2*3-10H,11-16H2,1-2H3;1-8H,9-14H2;1-8H,9-14H2;1H4. The van der Waals surface area contributed by atoms with E-state index in [1.54, 1.807) is 73.0 Å². The van der Waals surface area contributed by atoms with Crippen LogP contribution in [0.1, 0.15) is 180 Å². The molecule has 0 aliphatic carbocycles. The molecule has 8 aliphatic rings. The van der Waals surface area contributed by atoms with E-state index in [1.165, 1.54) is 174 Å². The SMILES string of the molecule is C.CC(=O)c1ccc(C(=O)N2CCC3(CC2)OCCN3S(=O)(=O)c2ccc(C(C)=O)cc2)cc1.CC(=O)c1ccc(C(=O)N2CCOC23CCN(S(=O)(=O)c2ccc(C(C)=O)cc2)CC3)cc1.O=C(c1ccc([N+](=O)[O-])cc1)N1CCC2(CC1)OCCN2C(=O)c1ccc([N+](=O)[O-])cc1.O=C(c1ccc([N+](=O)[O-])cc1)N1CCC2(CC1)OCCN2S(=O)(=O)c1ccc([N+](=O)[O-])cc1. The maximum Gasteiger partial charge on any atom is 0.269 e. The molecule has 4 spiro atoms. The first-order chi connectivity index (χ1) is 62.2. The summed E-state index contributed by atoms with van der Waals surface area (Å²) in [7, 11) is -11.5. The van der Waals surface area contributed by atoms with E-state index >= 15 is 0 Å². The first-order valence-electron chi connectivity index (χ1n) is 41.8. The molecule has 696 valence electrons. The third-order valence-corrected chi connectivity index (χ3v) is 30.4. The number of amides is 5. The first kappa shape index (κ1) is 98.0. The lowest BCUT2D eigenvalue weighted by molar-refractivity contribution is -0.385. The van der Waals surface area contributed by atoms with Gasteiger partial charge in [0.25, 0.3) is 52.3 Å². The van der Waals surface area contributed by atoms with Gasteiger partial charge >= 0.3 is 0 Å². The smallest absolute Gasteiger partial charge is 0.269 e. The number of carbonyl (C=O) groups is 9. The van der Waals surface area contributed by atoms with Crippen LogP contribution in [-0.2, 0) is 49.0 Å². The summed E-state index contributed by atoms with van der Waals surface area (Å²) in [4.78, 5) is 160. The summed E-state index contributed by atoms with van der Waals surface area (Å²) in [6.07, 6.45) is 2.76. The van der Waals surface area contributed by atoms with E-state index in [4.69, 9.17) is 18.9 Å². The molecule has 0 saturated carbocycles. The van der Waals surface area contributed by atoms with Gasteiger partial charge in [-0.25, -0.2) is 25.3 Å². The molecule has 42 heteroatoms. The van der Waals surface area contributed by atoms with Crippen LogP contribution in [0, 0.1) is 40.5 Å². The zero-order valence-corrected chi connectivity index (χ0v) is 74.0. The summed E-state index contributed by atoms with van der Waals surface area (Å²) in [6, 6.07) is 45.8. The van der Waals surface area contributed by atoms with E-state index < -0.39 is 72.7 Å². The summed E-state index contributed by atoms with van der Waals surface area (Å²) in [6.45, 7) is 10.5.